The lowest BCUT2D eigenvalue weighted by Gasteiger charge is -2.09. The normalized spacial score (nSPS) is 11.3. The number of aromatic nitrogens is 2. The van der Waals surface area contributed by atoms with Crippen LogP contribution in [0, 0.1) is 0 Å². The lowest BCUT2D eigenvalue weighted by atomic mass is 10.3. The quantitative estimate of drug-likeness (QED) is 0.686. The van der Waals surface area contributed by atoms with Crippen molar-refractivity contribution in [1.29, 1.82) is 0 Å². The van der Waals surface area contributed by atoms with Gasteiger partial charge in [0, 0.05) is 20.1 Å². The Bertz CT molecular complexity index is 508. The molecule has 1 aromatic heterocycles. The van der Waals surface area contributed by atoms with E-state index in [1.807, 2.05) is 6.07 Å². The van der Waals surface area contributed by atoms with E-state index in [-0.39, 0.29) is 0 Å². The average molecular weight is 262 g/mol. The Morgan fingerprint density at radius 1 is 1.16 bits per heavy atom. The largest absolute Gasteiger partial charge is 0.382 e. The number of nitrogens with zero attached hydrogens (tertiary/aromatic N) is 2. The lowest BCUT2D eigenvalue weighted by molar-refractivity contribution is 0.0667. The van der Waals surface area contributed by atoms with Gasteiger partial charge in [-0.3, -0.25) is 0 Å². The Morgan fingerprint density at radius 2 is 2.00 bits per heavy atom. The van der Waals surface area contributed by atoms with Gasteiger partial charge in [0.2, 0.25) is 0 Å². The Kier molecular flexibility index (Phi) is 5.36. The molecule has 0 atom stereocenters. The molecule has 104 valence electrons. The molecule has 1 heterocycles. The van der Waals surface area contributed by atoms with Crippen molar-refractivity contribution in [1.82, 2.24) is 9.55 Å². The molecule has 4 nitrogen and oxygen atoms in total. The minimum absolute atomic E-state index is 0.645. The number of imidazole rings is 1. The van der Waals surface area contributed by atoms with E-state index in [1.165, 1.54) is 5.52 Å². The molecular formula is C15H22N2O2. The highest BCUT2D eigenvalue weighted by molar-refractivity contribution is 5.75. The highest BCUT2D eigenvalue weighted by Crippen LogP contribution is 2.16. The predicted octanol–water partition coefficient (Wildman–Crippen LogP) is 2.65. The summed E-state index contributed by atoms with van der Waals surface area (Å²) in [5.74, 6) is 1.15. The minimum atomic E-state index is 0.645. The number of aryl methyl sites for hydroxylation is 1. The third-order valence-corrected chi connectivity index (χ3v) is 3.10. The molecular weight excluding hydrogens is 240 g/mol. The maximum atomic E-state index is 5.56. The summed E-state index contributed by atoms with van der Waals surface area (Å²) >= 11 is 0. The summed E-state index contributed by atoms with van der Waals surface area (Å²) < 4.78 is 12.8. The Balaban J connectivity index is 2.08. The topological polar surface area (TPSA) is 36.3 Å². The number of rotatable bonds is 8. The number of methoxy groups -OCH3 is 1. The highest BCUT2D eigenvalue weighted by Gasteiger charge is 2.08. The van der Waals surface area contributed by atoms with Crippen molar-refractivity contribution in [3.8, 4) is 0 Å². The van der Waals surface area contributed by atoms with Crippen molar-refractivity contribution >= 4 is 11.0 Å². The third kappa shape index (κ3) is 3.55. The van der Waals surface area contributed by atoms with Crippen LogP contribution in [-0.4, -0.2) is 36.5 Å². The molecule has 0 unspecified atom stereocenters. The minimum Gasteiger partial charge on any atom is -0.382 e. The van der Waals surface area contributed by atoms with Crippen LogP contribution in [0.2, 0.25) is 0 Å². The second kappa shape index (κ2) is 7.26. The summed E-state index contributed by atoms with van der Waals surface area (Å²) in [6.45, 7) is 5.01. The first-order chi connectivity index (χ1) is 9.36. The van der Waals surface area contributed by atoms with Gasteiger partial charge >= 0.3 is 0 Å². The Hall–Kier alpha value is -1.39. The molecule has 2 rings (SSSR count). The van der Waals surface area contributed by atoms with Crippen molar-refractivity contribution in [2.75, 3.05) is 26.9 Å². The summed E-state index contributed by atoms with van der Waals surface area (Å²) in [5, 5.41) is 0. The van der Waals surface area contributed by atoms with Gasteiger partial charge < -0.3 is 14.0 Å². The zero-order valence-corrected chi connectivity index (χ0v) is 11.8. The fourth-order valence-electron chi connectivity index (χ4n) is 2.19. The summed E-state index contributed by atoms with van der Waals surface area (Å²) in [6.07, 6.45) is 2.11. The van der Waals surface area contributed by atoms with E-state index in [0.717, 1.165) is 30.7 Å². The maximum Gasteiger partial charge on any atom is 0.109 e. The molecule has 0 N–H and O–H groups in total. The number of para-hydroxylation sites is 2. The smallest absolute Gasteiger partial charge is 0.109 e. The van der Waals surface area contributed by atoms with E-state index in [0.29, 0.717) is 19.8 Å². The van der Waals surface area contributed by atoms with Crippen molar-refractivity contribution in [2.24, 2.45) is 0 Å². The van der Waals surface area contributed by atoms with Gasteiger partial charge in [0.1, 0.15) is 5.82 Å². The van der Waals surface area contributed by atoms with Gasteiger partial charge in [0.05, 0.1) is 30.9 Å². The molecule has 0 fully saturated rings. The predicted molar refractivity (Wildman–Crippen MR) is 76.4 cm³/mol. The molecule has 0 amide bonds. The molecule has 2 aromatic rings. The first-order valence-corrected chi connectivity index (χ1v) is 6.87. The number of benzene rings is 1. The summed E-state index contributed by atoms with van der Waals surface area (Å²) in [5.41, 5.74) is 2.27. The van der Waals surface area contributed by atoms with E-state index in [1.54, 1.807) is 7.11 Å². The number of hydrogen-bond acceptors (Lipinski definition) is 3. The molecule has 0 bridgehead atoms. The van der Waals surface area contributed by atoms with Crippen molar-refractivity contribution < 1.29 is 9.47 Å². The summed E-state index contributed by atoms with van der Waals surface area (Å²) in [6, 6.07) is 8.28. The van der Waals surface area contributed by atoms with Crippen LogP contribution in [0.1, 0.15) is 19.2 Å². The van der Waals surface area contributed by atoms with Crippen molar-refractivity contribution in [3.63, 3.8) is 0 Å². The molecule has 0 saturated heterocycles. The van der Waals surface area contributed by atoms with Gasteiger partial charge in [0.25, 0.3) is 0 Å². The first-order valence-electron chi connectivity index (χ1n) is 6.87. The van der Waals surface area contributed by atoms with Gasteiger partial charge in [-0.2, -0.15) is 0 Å². The fraction of sp³-hybridized carbons (Fsp3) is 0.533. The highest BCUT2D eigenvalue weighted by atomic mass is 16.5. The van der Waals surface area contributed by atoms with Gasteiger partial charge in [-0.1, -0.05) is 19.1 Å². The second-order valence-electron chi connectivity index (χ2n) is 4.52. The van der Waals surface area contributed by atoms with Crippen LogP contribution in [-0.2, 0) is 22.4 Å². The molecule has 0 spiro atoms. The molecule has 19 heavy (non-hydrogen) atoms. The van der Waals surface area contributed by atoms with Crippen LogP contribution in [0.3, 0.4) is 0 Å². The molecule has 0 aliphatic carbocycles. The van der Waals surface area contributed by atoms with Gasteiger partial charge in [-0.05, 0) is 18.6 Å². The second-order valence-corrected chi connectivity index (χ2v) is 4.52. The third-order valence-electron chi connectivity index (χ3n) is 3.10. The summed E-state index contributed by atoms with van der Waals surface area (Å²) in [7, 11) is 1.69. The maximum absolute atomic E-state index is 5.56. The van der Waals surface area contributed by atoms with Gasteiger partial charge in [-0.25, -0.2) is 4.98 Å². The van der Waals surface area contributed by atoms with Crippen LogP contribution in [0.15, 0.2) is 24.3 Å². The average Bonchev–Trinajstić information content (AvgIpc) is 2.77. The molecule has 0 aliphatic rings. The van der Waals surface area contributed by atoms with Crippen LogP contribution < -0.4 is 0 Å². The van der Waals surface area contributed by atoms with Crippen LogP contribution >= 0.6 is 0 Å². The van der Waals surface area contributed by atoms with E-state index < -0.39 is 0 Å². The zero-order valence-electron chi connectivity index (χ0n) is 11.8. The molecule has 0 radical (unpaired) electrons. The van der Waals surface area contributed by atoms with Crippen molar-refractivity contribution in [3.05, 3.63) is 30.1 Å². The van der Waals surface area contributed by atoms with Crippen LogP contribution in [0.4, 0.5) is 0 Å². The molecule has 4 heteroatoms. The molecule has 0 aliphatic heterocycles. The van der Waals surface area contributed by atoms with E-state index in [4.69, 9.17) is 14.5 Å². The summed E-state index contributed by atoms with van der Waals surface area (Å²) in [4.78, 5) is 4.70. The fourth-order valence-corrected chi connectivity index (χ4v) is 2.19. The standard InChI is InChI=1S/C15H22N2O2/c1-3-6-15-16-13-7-4-5-8-14(13)17(15)9-10-19-12-11-18-2/h4-5,7-8H,3,6,9-12H2,1-2H3. The lowest BCUT2D eigenvalue weighted by Crippen LogP contribution is -2.11. The van der Waals surface area contributed by atoms with Crippen LogP contribution in [0.25, 0.3) is 11.0 Å². The van der Waals surface area contributed by atoms with E-state index in [2.05, 4.69) is 29.7 Å². The first kappa shape index (κ1) is 14.0. The Labute approximate surface area is 114 Å². The van der Waals surface area contributed by atoms with Gasteiger partial charge in [0.15, 0.2) is 0 Å². The number of hydrogen-bond donors (Lipinski definition) is 0. The zero-order chi connectivity index (χ0) is 13.5. The monoisotopic (exact) mass is 262 g/mol. The SMILES string of the molecule is CCCc1nc2ccccc2n1CCOCCOC. The van der Waals surface area contributed by atoms with E-state index in [9.17, 15) is 0 Å². The molecule has 1 aromatic carbocycles. The van der Waals surface area contributed by atoms with Crippen LogP contribution in [0.5, 0.6) is 0 Å². The van der Waals surface area contributed by atoms with Gasteiger partial charge in [-0.15, -0.1) is 0 Å². The number of ether oxygens (including phenoxy) is 2. The molecule has 0 saturated carbocycles. The number of fused-ring (bicyclic) bond motifs is 1. The van der Waals surface area contributed by atoms with Crippen molar-refractivity contribution in [2.45, 2.75) is 26.3 Å². The Morgan fingerprint density at radius 3 is 2.79 bits per heavy atom. The van der Waals surface area contributed by atoms with E-state index >= 15 is 0 Å².